The number of hydrogen-bond donors (Lipinski definition) is 1. The van der Waals surface area contributed by atoms with E-state index in [1.165, 1.54) is 19.3 Å². The number of hydrogen-bond acceptors (Lipinski definition) is 3. The lowest BCUT2D eigenvalue weighted by molar-refractivity contribution is -0.131. The smallest absolute Gasteiger partial charge is 0.241 e. The fraction of sp³-hybridized carbons (Fsp3) is 0.588. The molecule has 1 heterocycles. The highest BCUT2D eigenvalue weighted by Crippen LogP contribution is 2.33. The zero-order valence-electron chi connectivity index (χ0n) is 12.8. The second-order valence-electron chi connectivity index (χ2n) is 6.09. The monoisotopic (exact) mass is 288 g/mol. The summed E-state index contributed by atoms with van der Waals surface area (Å²) >= 11 is 0. The standard InChI is InChI=1S/C17H24N2O2/c1-3-15-17(20)19(11-12-5-4-6-12)16(18-15)13-7-9-14(21-2)10-8-13/h7-10,12,15-16,18H,3-6,11H2,1-2H3. The lowest BCUT2D eigenvalue weighted by Crippen LogP contribution is -2.37. The van der Waals surface area contributed by atoms with Crippen molar-refractivity contribution in [2.24, 2.45) is 5.92 Å². The van der Waals surface area contributed by atoms with E-state index in [0.29, 0.717) is 5.92 Å². The Morgan fingerprint density at radius 3 is 2.52 bits per heavy atom. The average molecular weight is 288 g/mol. The van der Waals surface area contributed by atoms with Gasteiger partial charge in [0.2, 0.25) is 5.91 Å². The van der Waals surface area contributed by atoms with Crippen LogP contribution in [0.1, 0.15) is 44.3 Å². The summed E-state index contributed by atoms with van der Waals surface area (Å²) < 4.78 is 5.21. The lowest BCUT2D eigenvalue weighted by atomic mass is 9.85. The van der Waals surface area contributed by atoms with Crippen LogP contribution in [-0.4, -0.2) is 30.5 Å². The van der Waals surface area contributed by atoms with E-state index in [2.05, 4.69) is 24.4 Å². The zero-order valence-corrected chi connectivity index (χ0v) is 12.8. The molecular formula is C17H24N2O2. The minimum atomic E-state index is -0.0443. The number of nitrogens with zero attached hydrogens (tertiary/aromatic N) is 1. The SMILES string of the molecule is CCC1NC(c2ccc(OC)cc2)N(CC2CCC2)C1=O. The van der Waals surface area contributed by atoms with Crippen LogP contribution in [0.4, 0.5) is 0 Å². The van der Waals surface area contributed by atoms with E-state index in [4.69, 9.17) is 4.74 Å². The molecule has 1 aromatic rings. The van der Waals surface area contributed by atoms with Crippen LogP contribution in [0.15, 0.2) is 24.3 Å². The molecule has 114 valence electrons. The van der Waals surface area contributed by atoms with Crippen LogP contribution >= 0.6 is 0 Å². The first-order chi connectivity index (χ1) is 10.2. The van der Waals surface area contributed by atoms with Crippen molar-refractivity contribution in [3.8, 4) is 5.75 Å². The molecule has 2 unspecified atom stereocenters. The molecular weight excluding hydrogens is 264 g/mol. The van der Waals surface area contributed by atoms with Crippen molar-refractivity contribution >= 4 is 5.91 Å². The lowest BCUT2D eigenvalue weighted by Gasteiger charge is -2.33. The molecule has 1 N–H and O–H groups in total. The molecule has 3 rings (SSSR count). The van der Waals surface area contributed by atoms with Gasteiger partial charge in [0.1, 0.15) is 11.9 Å². The number of carbonyl (C=O) groups excluding carboxylic acids is 1. The highest BCUT2D eigenvalue weighted by molar-refractivity contribution is 5.84. The predicted molar refractivity (Wildman–Crippen MR) is 82.0 cm³/mol. The fourth-order valence-corrected chi connectivity index (χ4v) is 3.18. The fourth-order valence-electron chi connectivity index (χ4n) is 3.18. The van der Waals surface area contributed by atoms with Crippen molar-refractivity contribution < 1.29 is 9.53 Å². The Balaban J connectivity index is 1.80. The molecule has 1 amide bonds. The number of amides is 1. The zero-order chi connectivity index (χ0) is 14.8. The van der Waals surface area contributed by atoms with Crippen LogP contribution in [0.5, 0.6) is 5.75 Å². The van der Waals surface area contributed by atoms with Crippen molar-refractivity contribution in [3.05, 3.63) is 29.8 Å². The van der Waals surface area contributed by atoms with Crippen molar-refractivity contribution in [3.63, 3.8) is 0 Å². The Bertz CT molecular complexity index is 496. The van der Waals surface area contributed by atoms with E-state index in [0.717, 1.165) is 24.3 Å². The van der Waals surface area contributed by atoms with Crippen molar-refractivity contribution in [1.82, 2.24) is 10.2 Å². The topological polar surface area (TPSA) is 41.6 Å². The normalized spacial score (nSPS) is 26.0. The second kappa shape index (κ2) is 6.06. The van der Waals surface area contributed by atoms with Crippen LogP contribution < -0.4 is 10.1 Å². The maximum absolute atomic E-state index is 12.6. The molecule has 2 fully saturated rings. The molecule has 2 atom stereocenters. The third kappa shape index (κ3) is 2.77. The van der Waals surface area contributed by atoms with E-state index < -0.39 is 0 Å². The minimum Gasteiger partial charge on any atom is -0.497 e. The summed E-state index contributed by atoms with van der Waals surface area (Å²) in [6, 6.07) is 7.98. The van der Waals surface area contributed by atoms with Gasteiger partial charge in [0.25, 0.3) is 0 Å². The van der Waals surface area contributed by atoms with E-state index in [1.54, 1.807) is 7.11 Å². The van der Waals surface area contributed by atoms with Gasteiger partial charge in [-0.15, -0.1) is 0 Å². The first-order valence-electron chi connectivity index (χ1n) is 7.93. The van der Waals surface area contributed by atoms with E-state index in [9.17, 15) is 4.79 Å². The molecule has 0 bridgehead atoms. The van der Waals surface area contributed by atoms with E-state index >= 15 is 0 Å². The van der Waals surface area contributed by atoms with Gasteiger partial charge in [-0.1, -0.05) is 25.5 Å². The average Bonchev–Trinajstić information content (AvgIpc) is 2.79. The molecule has 21 heavy (non-hydrogen) atoms. The molecule has 1 saturated carbocycles. The highest BCUT2D eigenvalue weighted by atomic mass is 16.5. The maximum atomic E-state index is 12.6. The third-order valence-electron chi connectivity index (χ3n) is 4.77. The van der Waals surface area contributed by atoms with Crippen molar-refractivity contribution in [2.45, 2.75) is 44.8 Å². The number of rotatable bonds is 5. The Hall–Kier alpha value is -1.55. The Labute approximate surface area is 126 Å². The summed E-state index contributed by atoms with van der Waals surface area (Å²) in [6.45, 7) is 2.95. The van der Waals surface area contributed by atoms with Gasteiger partial charge in [-0.05, 0) is 42.9 Å². The molecule has 4 heteroatoms. The van der Waals surface area contributed by atoms with Gasteiger partial charge in [-0.2, -0.15) is 0 Å². The molecule has 1 aliphatic heterocycles. The molecule has 1 saturated heterocycles. The van der Waals surface area contributed by atoms with E-state index in [-0.39, 0.29) is 18.1 Å². The van der Waals surface area contributed by atoms with Crippen LogP contribution in [0.25, 0.3) is 0 Å². The quantitative estimate of drug-likeness (QED) is 0.906. The molecule has 4 nitrogen and oxygen atoms in total. The van der Waals surface area contributed by atoms with Gasteiger partial charge < -0.3 is 9.64 Å². The maximum Gasteiger partial charge on any atom is 0.241 e. The summed E-state index contributed by atoms with van der Waals surface area (Å²) in [5.41, 5.74) is 1.14. The molecule has 1 aliphatic carbocycles. The Morgan fingerprint density at radius 2 is 2.00 bits per heavy atom. The van der Waals surface area contributed by atoms with Gasteiger partial charge in [0.15, 0.2) is 0 Å². The van der Waals surface area contributed by atoms with Gasteiger partial charge in [0, 0.05) is 6.54 Å². The van der Waals surface area contributed by atoms with Gasteiger partial charge >= 0.3 is 0 Å². The molecule has 0 spiro atoms. The summed E-state index contributed by atoms with van der Waals surface area (Å²) in [4.78, 5) is 14.6. The van der Waals surface area contributed by atoms with Gasteiger partial charge in [0.05, 0.1) is 13.2 Å². The molecule has 0 aromatic heterocycles. The number of nitrogens with one attached hydrogen (secondary N) is 1. The largest absolute Gasteiger partial charge is 0.497 e. The third-order valence-corrected chi connectivity index (χ3v) is 4.77. The summed E-state index contributed by atoms with van der Waals surface area (Å²) in [7, 11) is 1.67. The highest BCUT2D eigenvalue weighted by Gasteiger charge is 2.40. The Morgan fingerprint density at radius 1 is 1.29 bits per heavy atom. The minimum absolute atomic E-state index is 0.00829. The Kier molecular flexibility index (Phi) is 4.15. The summed E-state index contributed by atoms with van der Waals surface area (Å²) in [5.74, 6) is 1.79. The van der Waals surface area contributed by atoms with E-state index in [1.807, 2.05) is 17.0 Å². The van der Waals surface area contributed by atoms with Crippen molar-refractivity contribution in [1.29, 1.82) is 0 Å². The summed E-state index contributed by atoms with van der Waals surface area (Å²) in [6.07, 6.45) is 4.68. The molecule has 0 radical (unpaired) electrons. The number of ether oxygens (including phenoxy) is 1. The van der Waals surface area contributed by atoms with Gasteiger partial charge in [-0.3, -0.25) is 10.1 Å². The number of methoxy groups -OCH3 is 1. The number of benzene rings is 1. The molecule has 1 aromatic carbocycles. The van der Waals surface area contributed by atoms with Crippen LogP contribution in [0, 0.1) is 5.92 Å². The number of carbonyl (C=O) groups is 1. The first kappa shape index (κ1) is 14.4. The second-order valence-corrected chi connectivity index (χ2v) is 6.09. The van der Waals surface area contributed by atoms with Crippen LogP contribution in [0.2, 0.25) is 0 Å². The first-order valence-corrected chi connectivity index (χ1v) is 7.93. The van der Waals surface area contributed by atoms with Crippen molar-refractivity contribution in [2.75, 3.05) is 13.7 Å². The van der Waals surface area contributed by atoms with Crippen LogP contribution in [-0.2, 0) is 4.79 Å². The summed E-state index contributed by atoms with van der Waals surface area (Å²) in [5, 5.41) is 3.48. The molecule has 2 aliphatic rings. The van der Waals surface area contributed by atoms with Gasteiger partial charge in [-0.25, -0.2) is 0 Å². The predicted octanol–water partition coefficient (Wildman–Crippen LogP) is 2.70. The van der Waals surface area contributed by atoms with Crippen LogP contribution in [0.3, 0.4) is 0 Å².